The van der Waals surface area contributed by atoms with Crippen LogP contribution in [0.1, 0.15) is 36.7 Å². The molecule has 1 aromatic heterocycles. The maximum atomic E-state index is 12.1. The van der Waals surface area contributed by atoms with Gasteiger partial charge in [0.1, 0.15) is 17.3 Å². The van der Waals surface area contributed by atoms with Crippen LogP contribution < -0.4 is 10.2 Å². The van der Waals surface area contributed by atoms with Gasteiger partial charge in [-0.1, -0.05) is 60.8 Å². The summed E-state index contributed by atoms with van der Waals surface area (Å²) >= 11 is 18.2. The molecule has 0 unspecified atom stereocenters. The molecule has 2 aromatic carbocycles. The van der Waals surface area contributed by atoms with Crippen LogP contribution in [0.25, 0.3) is 11.3 Å². The Bertz CT molecular complexity index is 1120. The maximum Gasteiger partial charge on any atom is 0.277 e. The van der Waals surface area contributed by atoms with E-state index in [1.165, 1.54) is 6.21 Å². The number of hydrogen-bond donors (Lipinski definition) is 1. The minimum atomic E-state index is -0.383. The van der Waals surface area contributed by atoms with Gasteiger partial charge in [0, 0.05) is 5.56 Å². The van der Waals surface area contributed by atoms with Gasteiger partial charge in [0.15, 0.2) is 6.61 Å². The summed E-state index contributed by atoms with van der Waals surface area (Å²) in [6.07, 6.45) is 1.39. The SMILES string of the molecule is Cc1ccc(C(C)C)c(OCC(=O)N/N=C\c2ccc(-c3cc(Cl)c(Cl)cc3Cl)o2)c1. The quantitative estimate of drug-likeness (QED) is 0.228. The number of furan rings is 1. The predicted molar refractivity (Wildman–Crippen MR) is 126 cm³/mol. The molecule has 0 aliphatic rings. The van der Waals surface area contributed by atoms with E-state index < -0.39 is 0 Å². The maximum absolute atomic E-state index is 12.1. The van der Waals surface area contributed by atoms with Crippen molar-refractivity contribution in [2.45, 2.75) is 26.7 Å². The molecule has 1 amide bonds. The monoisotopic (exact) mass is 478 g/mol. The second-order valence-corrected chi connectivity index (χ2v) is 8.45. The molecule has 8 heteroatoms. The Hall–Kier alpha value is -2.47. The largest absolute Gasteiger partial charge is 0.483 e. The van der Waals surface area contributed by atoms with Gasteiger partial charge in [-0.25, -0.2) is 5.43 Å². The van der Waals surface area contributed by atoms with E-state index in [9.17, 15) is 4.79 Å². The van der Waals surface area contributed by atoms with Gasteiger partial charge in [0.2, 0.25) is 0 Å². The number of aryl methyl sites for hydroxylation is 1. The Labute approximate surface area is 195 Å². The molecule has 1 heterocycles. The average molecular weight is 480 g/mol. The number of rotatable bonds is 7. The molecular weight excluding hydrogens is 459 g/mol. The molecule has 0 atom stereocenters. The van der Waals surface area contributed by atoms with Gasteiger partial charge in [0.05, 0.1) is 21.3 Å². The van der Waals surface area contributed by atoms with Crippen LogP contribution in [0.5, 0.6) is 5.75 Å². The van der Waals surface area contributed by atoms with Crippen molar-refractivity contribution in [2.75, 3.05) is 6.61 Å². The van der Waals surface area contributed by atoms with E-state index in [-0.39, 0.29) is 18.4 Å². The van der Waals surface area contributed by atoms with E-state index in [1.54, 1.807) is 24.3 Å². The summed E-state index contributed by atoms with van der Waals surface area (Å²) in [6, 6.07) is 12.6. The molecule has 0 spiro atoms. The second-order valence-electron chi connectivity index (χ2n) is 7.23. The molecule has 0 saturated carbocycles. The number of nitrogens with one attached hydrogen (secondary N) is 1. The smallest absolute Gasteiger partial charge is 0.277 e. The van der Waals surface area contributed by atoms with Crippen LogP contribution in [0.2, 0.25) is 15.1 Å². The van der Waals surface area contributed by atoms with Crippen molar-refractivity contribution in [1.82, 2.24) is 5.43 Å². The molecule has 0 aliphatic carbocycles. The summed E-state index contributed by atoms with van der Waals surface area (Å²) < 4.78 is 11.4. The van der Waals surface area contributed by atoms with E-state index in [1.807, 2.05) is 25.1 Å². The molecule has 3 rings (SSSR count). The van der Waals surface area contributed by atoms with Crippen LogP contribution in [0, 0.1) is 6.92 Å². The molecular formula is C23H21Cl3N2O3. The van der Waals surface area contributed by atoms with E-state index >= 15 is 0 Å². The first-order valence-corrected chi connectivity index (χ1v) is 10.7. The lowest BCUT2D eigenvalue weighted by molar-refractivity contribution is -0.123. The molecule has 0 bridgehead atoms. The number of hydrazone groups is 1. The van der Waals surface area contributed by atoms with Crippen molar-refractivity contribution in [3.63, 3.8) is 0 Å². The van der Waals surface area contributed by atoms with Gasteiger partial charge in [0.25, 0.3) is 5.91 Å². The Morgan fingerprint density at radius 3 is 2.58 bits per heavy atom. The van der Waals surface area contributed by atoms with Crippen LogP contribution in [0.3, 0.4) is 0 Å². The summed E-state index contributed by atoms with van der Waals surface area (Å²) in [5.74, 6) is 1.53. The van der Waals surface area contributed by atoms with Gasteiger partial charge in [-0.05, 0) is 54.3 Å². The van der Waals surface area contributed by atoms with Gasteiger partial charge in [-0.15, -0.1) is 0 Å². The lowest BCUT2D eigenvalue weighted by Gasteiger charge is -2.14. The first-order valence-electron chi connectivity index (χ1n) is 9.54. The standard InChI is InChI=1S/C23H21Cl3N2O3/c1-13(2)16-6-4-14(3)8-22(16)30-12-23(29)28-27-11-15-5-7-21(31-15)17-9-19(25)20(26)10-18(17)24/h4-11,13H,12H2,1-3H3,(H,28,29)/b27-11-. The number of benzene rings is 2. The van der Waals surface area contributed by atoms with Crippen molar-refractivity contribution in [1.29, 1.82) is 0 Å². The third-order valence-corrected chi connectivity index (χ3v) is 5.47. The van der Waals surface area contributed by atoms with Gasteiger partial charge >= 0.3 is 0 Å². The average Bonchev–Trinajstić information content (AvgIpc) is 3.17. The fourth-order valence-electron chi connectivity index (χ4n) is 2.87. The van der Waals surface area contributed by atoms with Crippen LogP contribution in [-0.4, -0.2) is 18.7 Å². The minimum Gasteiger partial charge on any atom is -0.483 e. The van der Waals surface area contributed by atoms with Gasteiger partial charge in [-0.2, -0.15) is 5.10 Å². The van der Waals surface area contributed by atoms with E-state index in [2.05, 4.69) is 24.4 Å². The highest BCUT2D eigenvalue weighted by Crippen LogP contribution is 2.35. The number of amides is 1. The Kier molecular flexibility index (Phi) is 7.65. The summed E-state index contributed by atoms with van der Waals surface area (Å²) in [7, 11) is 0. The fourth-order valence-corrected chi connectivity index (χ4v) is 3.51. The van der Waals surface area contributed by atoms with Crippen molar-refractivity contribution in [3.8, 4) is 17.1 Å². The zero-order chi connectivity index (χ0) is 22.5. The third kappa shape index (κ3) is 6.03. The predicted octanol–water partition coefficient (Wildman–Crippen LogP) is 6.87. The van der Waals surface area contributed by atoms with Crippen LogP contribution in [-0.2, 0) is 4.79 Å². The number of halogens is 3. The normalized spacial score (nSPS) is 11.3. The number of hydrogen-bond acceptors (Lipinski definition) is 4. The highest BCUT2D eigenvalue weighted by Gasteiger charge is 2.12. The fraction of sp³-hybridized carbons (Fsp3) is 0.217. The van der Waals surface area contributed by atoms with Crippen LogP contribution in [0.4, 0.5) is 0 Å². The molecule has 1 N–H and O–H groups in total. The summed E-state index contributed by atoms with van der Waals surface area (Å²) in [4.78, 5) is 12.1. The molecule has 0 aliphatic heterocycles. The first kappa shape index (κ1) is 23.2. The molecule has 5 nitrogen and oxygen atoms in total. The highest BCUT2D eigenvalue weighted by atomic mass is 35.5. The Morgan fingerprint density at radius 1 is 1.10 bits per heavy atom. The lowest BCUT2D eigenvalue weighted by atomic mass is 10.0. The summed E-state index contributed by atoms with van der Waals surface area (Å²) in [5, 5.41) is 5.05. The van der Waals surface area contributed by atoms with Gasteiger partial charge < -0.3 is 9.15 Å². The molecule has 162 valence electrons. The number of nitrogens with zero attached hydrogens (tertiary/aromatic N) is 1. The zero-order valence-electron chi connectivity index (χ0n) is 17.2. The molecule has 0 radical (unpaired) electrons. The Morgan fingerprint density at radius 2 is 1.84 bits per heavy atom. The number of carbonyl (C=O) groups is 1. The third-order valence-electron chi connectivity index (χ3n) is 4.43. The number of carbonyl (C=O) groups excluding carboxylic acids is 1. The molecule has 0 saturated heterocycles. The van der Waals surface area contributed by atoms with Crippen molar-refractivity contribution >= 4 is 46.9 Å². The van der Waals surface area contributed by atoms with E-state index in [0.29, 0.717) is 37.9 Å². The van der Waals surface area contributed by atoms with Crippen molar-refractivity contribution < 1.29 is 13.9 Å². The Balaban J connectivity index is 1.59. The first-order chi connectivity index (χ1) is 14.7. The van der Waals surface area contributed by atoms with Gasteiger partial charge in [-0.3, -0.25) is 4.79 Å². The van der Waals surface area contributed by atoms with Crippen LogP contribution >= 0.6 is 34.8 Å². The highest BCUT2D eigenvalue weighted by molar-refractivity contribution is 6.44. The lowest BCUT2D eigenvalue weighted by Crippen LogP contribution is -2.24. The molecule has 3 aromatic rings. The zero-order valence-corrected chi connectivity index (χ0v) is 19.5. The van der Waals surface area contributed by atoms with Crippen molar-refractivity contribution in [3.05, 3.63) is 74.4 Å². The second kappa shape index (κ2) is 10.2. The molecule has 0 fully saturated rings. The number of ether oxygens (including phenoxy) is 1. The summed E-state index contributed by atoms with van der Waals surface area (Å²) in [5.41, 5.74) is 5.14. The van der Waals surface area contributed by atoms with Crippen molar-refractivity contribution in [2.24, 2.45) is 5.10 Å². The van der Waals surface area contributed by atoms with E-state index in [0.717, 1.165) is 11.1 Å². The van der Waals surface area contributed by atoms with Crippen LogP contribution in [0.15, 0.2) is 52.0 Å². The summed E-state index contributed by atoms with van der Waals surface area (Å²) in [6.45, 7) is 5.97. The molecule has 31 heavy (non-hydrogen) atoms. The minimum absolute atomic E-state index is 0.150. The topological polar surface area (TPSA) is 63.8 Å². The van der Waals surface area contributed by atoms with E-state index in [4.69, 9.17) is 44.0 Å².